The molecule has 1 unspecified atom stereocenters. The van der Waals surface area contributed by atoms with E-state index in [9.17, 15) is 9.90 Å². The molecule has 1 atom stereocenters. The molecule has 0 aliphatic carbocycles. The molecule has 1 aromatic carbocycles. The van der Waals surface area contributed by atoms with Gasteiger partial charge in [0.05, 0.1) is 5.92 Å². The summed E-state index contributed by atoms with van der Waals surface area (Å²) in [5, 5.41) is 11.4. The van der Waals surface area contributed by atoms with Crippen LogP contribution >= 0.6 is 11.3 Å². The van der Waals surface area contributed by atoms with Crippen LogP contribution in [-0.4, -0.2) is 43.2 Å². The molecule has 0 amide bonds. The summed E-state index contributed by atoms with van der Waals surface area (Å²) in [6.07, 6.45) is 0.438. The van der Waals surface area contributed by atoms with Crippen LogP contribution in [0.3, 0.4) is 0 Å². The van der Waals surface area contributed by atoms with Gasteiger partial charge < -0.3 is 14.7 Å². The molecule has 0 bridgehead atoms. The smallest absolute Gasteiger partial charge is 0.312 e. The SMILES string of the molecule is CN(C)CCOc1ccccc1CC(C(=O)O)c1cccs1. The number of carbonyl (C=O) groups is 1. The van der Waals surface area contributed by atoms with E-state index >= 15 is 0 Å². The van der Waals surface area contributed by atoms with Crippen molar-refractivity contribution in [1.29, 1.82) is 0 Å². The van der Waals surface area contributed by atoms with E-state index in [1.54, 1.807) is 0 Å². The van der Waals surface area contributed by atoms with E-state index in [4.69, 9.17) is 4.74 Å². The molecule has 5 heteroatoms. The van der Waals surface area contributed by atoms with E-state index in [-0.39, 0.29) is 0 Å². The Labute approximate surface area is 135 Å². The quantitative estimate of drug-likeness (QED) is 0.812. The lowest BCUT2D eigenvalue weighted by molar-refractivity contribution is -0.138. The van der Waals surface area contributed by atoms with Crippen LogP contribution in [0.25, 0.3) is 0 Å². The molecular formula is C17H21NO3S. The molecule has 0 aliphatic heterocycles. The predicted octanol–water partition coefficient (Wildman–Crippen LogP) is 3.10. The molecule has 0 fully saturated rings. The highest BCUT2D eigenvalue weighted by Crippen LogP contribution is 2.29. The van der Waals surface area contributed by atoms with Gasteiger partial charge in [-0.2, -0.15) is 0 Å². The molecule has 0 spiro atoms. The van der Waals surface area contributed by atoms with Crippen LogP contribution in [-0.2, 0) is 11.2 Å². The van der Waals surface area contributed by atoms with Gasteiger partial charge in [0.25, 0.3) is 0 Å². The number of para-hydroxylation sites is 1. The van der Waals surface area contributed by atoms with Crippen LogP contribution < -0.4 is 4.74 Å². The summed E-state index contributed by atoms with van der Waals surface area (Å²) in [5.74, 6) is -0.559. The fraction of sp³-hybridized carbons (Fsp3) is 0.353. The standard InChI is InChI=1S/C17H21NO3S/c1-18(2)9-10-21-15-7-4-3-6-13(15)12-14(17(19)20)16-8-5-11-22-16/h3-8,11,14H,9-10,12H2,1-2H3,(H,19,20). The predicted molar refractivity (Wildman–Crippen MR) is 88.9 cm³/mol. The van der Waals surface area contributed by atoms with E-state index in [0.29, 0.717) is 13.0 Å². The average Bonchev–Trinajstić information content (AvgIpc) is 2.99. The van der Waals surface area contributed by atoms with E-state index in [1.807, 2.05) is 60.8 Å². The van der Waals surface area contributed by atoms with Crippen LogP contribution in [0.5, 0.6) is 5.75 Å². The van der Waals surface area contributed by atoms with Crippen LogP contribution in [0.2, 0.25) is 0 Å². The van der Waals surface area contributed by atoms with Crippen LogP contribution in [0.4, 0.5) is 0 Å². The fourth-order valence-corrected chi connectivity index (χ4v) is 2.99. The maximum absolute atomic E-state index is 11.6. The van der Waals surface area contributed by atoms with E-state index in [1.165, 1.54) is 11.3 Å². The van der Waals surface area contributed by atoms with Crippen molar-refractivity contribution in [2.24, 2.45) is 0 Å². The van der Waals surface area contributed by atoms with E-state index < -0.39 is 11.9 Å². The Morgan fingerprint density at radius 3 is 2.68 bits per heavy atom. The monoisotopic (exact) mass is 319 g/mol. The fourth-order valence-electron chi connectivity index (χ4n) is 2.17. The maximum Gasteiger partial charge on any atom is 0.312 e. The molecule has 1 heterocycles. The van der Waals surface area contributed by atoms with E-state index in [2.05, 4.69) is 0 Å². The Hall–Kier alpha value is -1.85. The molecule has 22 heavy (non-hydrogen) atoms. The molecule has 0 radical (unpaired) electrons. The molecule has 4 nitrogen and oxygen atoms in total. The Morgan fingerprint density at radius 2 is 2.05 bits per heavy atom. The Kier molecular flexibility index (Phi) is 5.98. The second-order valence-corrected chi connectivity index (χ2v) is 6.35. The zero-order valence-electron chi connectivity index (χ0n) is 12.9. The zero-order chi connectivity index (χ0) is 15.9. The summed E-state index contributed by atoms with van der Waals surface area (Å²) >= 11 is 1.48. The van der Waals surface area contributed by atoms with Crippen molar-refractivity contribution in [3.05, 3.63) is 52.2 Å². The summed E-state index contributed by atoms with van der Waals surface area (Å²) in [4.78, 5) is 14.5. The third-order valence-electron chi connectivity index (χ3n) is 3.38. The highest BCUT2D eigenvalue weighted by Gasteiger charge is 2.22. The molecule has 0 aliphatic rings. The number of aliphatic carboxylic acids is 1. The van der Waals surface area contributed by atoms with Gasteiger partial charge in [0.2, 0.25) is 0 Å². The van der Waals surface area contributed by atoms with Gasteiger partial charge in [-0.25, -0.2) is 0 Å². The van der Waals surface area contributed by atoms with Crippen molar-refractivity contribution >= 4 is 17.3 Å². The molecule has 0 saturated carbocycles. The number of hydrogen-bond acceptors (Lipinski definition) is 4. The Balaban J connectivity index is 2.12. The number of likely N-dealkylation sites (N-methyl/N-ethyl adjacent to an activating group) is 1. The molecule has 2 rings (SSSR count). The van der Waals surface area contributed by atoms with Crippen LogP contribution in [0, 0.1) is 0 Å². The number of carboxylic acid groups (broad SMARTS) is 1. The Bertz CT molecular complexity index is 596. The third kappa shape index (κ3) is 4.58. The highest BCUT2D eigenvalue weighted by molar-refractivity contribution is 7.10. The Morgan fingerprint density at radius 1 is 1.27 bits per heavy atom. The molecule has 2 aromatic rings. The zero-order valence-corrected chi connectivity index (χ0v) is 13.7. The van der Waals surface area contributed by atoms with Crippen LogP contribution in [0.15, 0.2) is 41.8 Å². The van der Waals surface area contributed by atoms with Crippen LogP contribution in [0.1, 0.15) is 16.4 Å². The van der Waals surface area contributed by atoms with Crippen molar-refractivity contribution in [2.45, 2.75) is 12.3 Å². The van der Waals surface area contributed by atoms with Gasteiger partial charge in [0, 0.05) is 11.4 Å². The van der Waals surface area contributed by atoms with Gasteiger partial charge in [0.1, 0.15) is 12.4 Å². The minimum atomic E-state index is -0.800. The number of carboxylic acids is 1. The second-order valence-electron chi connectivity index (χ2n) is 5.37. The molecule has 118 valence electrons. The number of ether oxygens (including phenoxy) is 1. The van der Waals surface area contributed by atoms with Crippen molar-refractivity contribution < 1.29 is 14.6 Å². The number of benzene rings is 1. The minimum absolute atomic E-state index is 0.438. The number of rotatable bonds is 8. The number of nitrogens with zero attached hydrogens (tertiary/aromatic N) is 1. The summed E-state index contributed by atoms with van der Waals surface area (Å²) < 4.78 is 5.81. The van der Waals surface area contributed by atoms with Gasteiger partial charge in [-0.05, 0) is 43.6 Å². The van der Waals surface area contributed by atoms with Gasteiger partial charge in [-0.15, -0.1) is 11.3 Å². The van der Waals surface area contributed by atoms with Crippen molar-refractivity contribution in [3.8, 4) is 5.75 Å². The molecule has 0 saturated heterocycles. The molecule has 1 aromatic heterocycles. The second kappa shape index (κ2) is 7.96. The molecule has 1 N–H and O–H groups in total. The first-order valence-corrected chi connectivity index (χ1v) is 8.07. The lowest BCUT2D eigenvalue weighted by Gasteiger charge is -2.16. The summed E-state index contributed by atoms with van der Waals surface area (Å²) in [6.45, 7) is 1.41. The summed E-state index contributed by atoms with van der Waals surface area (Å²) in [5.41, 5.74) is 0.932. The maximum atomic E-state index is 11.6. The highest BCUT2D eigenvalue weighted by atomic mass is 32.1. The van der Waals surface area contributed by atoms with Gasteiger partial charge in [-0.1, -0.05) is 24.3 Å². The average molecular weight is 319 g/mol. The van der Waals surface area contributed by atoms with Crippen molar-refractivity contribution in [3.63, 3.8) is 0 Å². The normalized spacial score (nSPS) is 12.3. The lowest BCUT2D eigenvalue weighted by atomic mass is 9.97. The minimum Gasteiger partial charge on any atom is -0.492 e. The molecular weight excluding hydrogens is 298 g/mol. The first kappa shape index (κ1) is 16.5. The lowest BCUT2D eigenvalue weighted by Crippen LogP contribution is -2.20. The number of thiophene rings is 1. The largest absolute Gasteiger partial charge is 0.492 e. The first-order valence-electron chi connectivity index (χ1n) is 7.19. The third-order valence-corrected chi connectivity index (χ3v) is 4.36. The van der Waals surface area contributed by atoms with Gasteiger partial charge >= 0.3 is 5.97 Å². The summed E-state index contributed by atoms with van der Waals surface area (Å²) in [7, 11) is 3.99. The number of hydrogen-bond donors (Lipinski definition) is 1. The van der Waals surface area contributed by atoms with Gasteiger partial charge in [0.15, 0.2) is 0 Å². The first-order chi connectivity index (χ1) is 10.6. The summed E-state index contributed by atoms with van der Waals surface area (Å²) in [6, 6.07) is 11.4. The topological polar surface area (TPSA) is 49.8 Å². The van der Waals surface area contributed by atoms with Crippen molar-refractivity contribution in [1.82, 2.24) is 4.90 Å². The van der Waals surface area contributed by atoms with E-state index in [0.717, 1.165) is 22.7 Å². The van der Waals surface area contributed by atoms with Crippen molar-refractivity contribution in [2.75, 3.05) is 27.2 Å². The van der Waals surface area contributed by atoms with Gasteiger partial charge in [-0.3, -0.25) is 4.79 Å².